The molecule has 0 radical (unpaired) electrons. The van der Waals surface area contributed by atoms with Gasteiger partial charge in [-0.25, -0.2) is 4.98 Å². The van der Waals surface area contributed by atoms with Crippen LogP contribution in [0.4, 0.5) is 11.5 Å². The number of hydrogen-bond acceptors (Lipinski definition) is 6. The molecule has 8 nitrogen and oxygen atoms in total. The Kier molecular flexibility index (Phi) is 8.00. The average Bonchev–Trinajstić information content (AvgIpc) is 3.03. The number of anilines is 2. The molecular formula is C26H42N4O4Si. The molecule has 0 aromatic carbocycles. The van der Waals surface area contributed by atoms with Crippen molar-refractivity contribution in [3.63, 3.8) is 0 Å². The van der Waals surface area contributed by atoms with E-state index in [-0.39, 0.29) is 24.5 Å². The zero-order valence-electron chi connectivity index (χ0n) is 21.8. The van der Waals surface area contributed by atoms with Crippen LogP contribution in [-0.4, -0.2) is 57.5 Å². The number of ether oxygens (including phenoxy) is 2. The van der Waals surface area contributed by atoms with Crippen molar-refractivity contribution in [1.29, 1.82) is 0 Å². The maximum atomic E-state index is 13.7. The Bertz CT molecular complexity index is 920. The summed E-state index contributed by atoms with van der Waals surface area (Å²) in [4.78, 5) is 32.9. The molecule has 3 heterocycles. The Morgan fingerprint density at radius 1 is 1.29 bits per heavy atom. The lowest BCUT2D eigenvalue weighted by atomic mass is 9.76. The Hall–Kier alpha value is -1.81. The van der Waals surface area contributed by atoms with E-state index in [9.17, 15) is 9.59 Å². The number of carbonyl (C=O) groups is 2. The van der Waals surface area contributed by atoms with E-state index >= 15 is 0 Å². The van der Waals surface area contributed by atoms with E-state index < -0.39 is 19.5 Å². The molecule has 1 unspecified atom stereocenters. The van der Waals surface area contributed by atoms with E-state index in [2.05, 4.69) is 36.9 Å². The Morgan fingerprint density at radius 3 is 2.63 bits per heavy atom. The first kappa shape index (κ1) is 26.3. The number of carbonyl (C=O) groups excluding carboxylic acids is 2. The summed E-state index contributed by atoms with van der Waals surface area (Å²) >= 11 is 0. The van der Waals surface area contributed by atoms with Crippen molar-refractivity contribution in [1.82, 2.24) is 4.98 Å². The fraction of sp³-hybridized carbons (Fsp3) is 0.731. The van der Waals surface area contributed by atoms with Gasteiger partial charge in [-0.15, -0.1) is 0 Å². The first-order valence-corrected chi connectivity index (χ1v) is 16.9. The van der Waals surface area contributed by atoms with E-state index in [0.29, 0.717) is 44.4 Å². The van der Waals surface area contributed by atoms with Crippen LogP contribution in [0.15, 0.2) is 12.3 Å². The first-order valence-electron chi connectivity index (χ1n) is 13.2. The molecule has 0 bridgehead atoms. The average molecular weight is 503 g/mol. The monoisotopic (exact) mass is 502 g/mol. The number of amides is 2. The number of nitrogens with two attached hydrogens (primary N) is 1. The van der Waals surface area contributed by atoms with Gasteiger partial charge in [0.1, 0.15) is 12.5 Å². The third-order valence-corrected chi connectivity index (χ3v) is 9.73. The molecule has 1 saturated carbocycles. The normalized spacial score (nSPS) is 24.9. The molecule has 9 heteroatoms. The van der Waals surface area contributed by atoms with Gasteiger partial charge in [0.05, 0.1) is 17.1 Å². The van der Waals surface area contributed by atoms with Gasteiger partial charge in [0, 0.05) is 45.7 Å². The molecule has 4 rings (SSSR count). The van der Waals surface area contributed by atoms with Gasteiger partial charge in [-0.2, -0.15) is 0 Å². The second-order valence-corrected chi connectivity index (χ2v) is 17.5. The second kappa shape index (κ2) is 10.7. The molecule has 194 valence electrons. The molecule has 1 aromatic rings. The topological polar surface area (TPSA) is 107 Å². The minimum Gasteiger partial charge on any atom is -0.381 e. The van der Waals surface area contributed by atoms with Crippen molar-refractivity contribution in [2.45, 2.75) is 82.6 Å². The molecular weight excluding hydrogens is 460 g/mol. The summed E-state index contributed by atoms with van der Waals surface area (Å²) in [6, 6.07) is 2.30. The number of hydrogen-bond donors (Lipinski definition) is 2. The summed E-state index contributed by atoms with van der Waals surface area (Å²) in [6.45, 7) is 11.1. The molecule has 35 heavy (non-hydrogen) atoms. The van der Waals surface area contributed by atoms with E-state index in [1.54, 1.807) is 11.1 Å². The van der Waals surface area contributed by atoms with E-state index in [1.165, 1.54) is 0 Å². The Labute approximate surface area is 210 Å². The largest absolute Gasteiger partial charge is 0.381 e. The highest BCUT2D eigenvalue weighted by atomic mass is 28.3. The lowest BCUT2D eigenvalue weighted by Crippen LogP contribution is -2.44. The van der Waals surface area contributed by atoms with Gasteiger partial charge in [0.25, 0.3) is 0 Å². The SMILES string of the molecule is CC1CCC(C(N)C(=O)Nc2cc3c(cn2)C2(CCOCC2)C(=O)N3COCC[Si](C)(C)C)CC1. The van der Waals surface area contributed by atoms with Crippen molar-refractivity contribution in [3.05, 3.63) is 17.8 Å². The van der Waals surface area contributed by atoms with Crippen LogP contribution in [0.3, 0.4) is 0 Å². The lowest BCUT2D eigenvalue weighted by Gasteiger charge is -2.32. The van der Waals surface area contributed by atoms with E-state index in [4.69, 9.17) is 15.2 Å². The summed E-state index contributed by atoms with van der Waals surface area (Å²) in [6.07, 6.45) is 7.20. The van der Waals surface area contributed by atoms with Gasteiger partial charge in [0.2, 0.25) is 11.8 Å². The molecule has 3 aliphatic rings. The minimum absolute atomic E-state index is 0.0436. The second-order valence-electron chi connectivity index (χ2n) is 11.9. The molecule has 2 aliphatic heterocycles. The third kappa shape index (κ3) is 5.79. The van der Waals surface area contributed by atoms with Crippen LogP contribution in [0.5, 0.6) is 0 Å². The molecule has 2 fully saturated rings. The third-order valence-electron chi connectivity index (χ3n) is 8.03. The minimum atomic E-state index is -1.23. The molecule has 1 atom stereocenters. The fourth-order valence-electron chi connectivity index (χ4n) is 5.52. The van der Waals surface area contributed by atoms with Gasteiger partial charge in [0.15, 0.2) is 0 Å². The highest BCUT2D eigenvalue weighted by molar-refractivity contribution is 6.76. The number of rotatable bonds is 8. The summed E-state index contributed by atoms with van der Waals surface area (Å²) in [5.74, 6) is 1.16. The zero-order valence-corrected chi connectivity index (χ0v) is 22.8. The standard InChI is InChI=1S/C26H42N4O4Si/c1-18-5-7-19(8-6-18)23(27)24(31)29-22-15-21-20(16-28-22)26(9-11-33-12-10-26)25(32)30(21)17-34-13-14-35(2,3)4/h15-16,18-19,23H,5-14,17,27H2,1-4H3,(H,28,29,31). The predicted octanol–water partition coefficient (Wildman–Crippen LogP) is 3.88. The number of nitrogens with one attached hydrogen (secondary N) is 1. The van der Waals surface area contributed by atoms with Crippen molar-refractivity contribution >= 4 is 31.4 Å². The number of pyridine rings is 1. The van der Waals surface area contributed by atoms with Crippen molar-refractivity contribution in [2.75, 3.05) is 36.8 Å². The van der Waals surface area contributed by atoms with Gasteiger partial charge in [-0.05, 0) is 43.6 Å². The van der Waals surface area contributed by atoms with Crippen LogP contribution in [0.2, 0.25) is 25.7 Å². The highest BCUT2D eigenvalue weighted by Gasteiger charge is 2.52. The lowest BCUT2D eigenvalue weighted by molar-refractivity contribution is -0.127. The van der Waals surface area contributed by atoms with Gasteiger partial charge in [-0.1, -0.05) is 39.4 Å². The van der Waals surface area contributed by atoms with Crippen LogP contribution >= 0.6 is 0 Å². The van der Waals surface area contributed by atoms with Crippen LogP contribution in [-0.2, 0) is 24.5 Å². The fourth-order valence-corrected chi connectivity index (χ4v) is 6.28. The summed E-state index contributed by atoms with van der Waals surface area (Å²) in [7, 11) is -1.23. The zero-order chi connectivity index (χ0) is 25.2. The van der Waals surface area contributed by atoms with Crippen molar-refractivity contribution < 1.29 is 19.1 Å². The summed E-state index contributed by atoms with van der Waals surface area (Å²) in [5.41, 5.74) is 7.39. The first-order chi connectivity index (χ1) is 16.6. The summed E-state index contributed by atoms with van der Waals surface area (Å²) < 4.78 is 11.6. The maximum Gasteiger partial charge on any atom is 0.242 e. The highest BCUT2D eigenvalue weighted by Crippen LogP contribution is 2.48. The van der Waals surface area contributed by atoms with Crippen LogP contribution in [0.1, 0.15) is 51.0 Å². The van der Waals surface area contributed by atoms with Crippen LogP contribution in [0, 0.1) is 11.8 Å². The van der Waals surface area contributed by atoms with E-state index in [0.717, 1.165) is 43.0 Å². The smallest absolute Gasteiger partial charge is 0.242 e. The van der Waals surface area contributed by atoms with Crippen molar-refractivity contribution in [2.24, 2.45) is 17.6 Å². The van der Waals surface area contributed by atoms with Crippen LogP contribution < -0.4 is 16.0 Å². The van der Waals surface area contributed by atoms with Gasteiger partial charge < -0.3 is 20.5 Å². The molecule has 1 aliphatic carbocycles. The number of aromatic nitrogens is 1. The maximum absolute atomic E-state index is 13.7. The summed E-state index contributed by atoms with van der Waals surface area (Å²) in [5, 5.41) is 2.92. The number of nitrogens with zero attached hydrogens (tertiary/aromatic N) is 2. The van der Waals surface area contributed by atoms with Gasteiger partial charge in [-0.3, -0.25) is 14.5 Å². The number of fused-ring (bicyclic) bond motifs is 2. The molecule has 3 N–H and O–H groups in total. The van der Waals surface area contributed by atoms with Gasteiger partial charge >= 0.3 is 0 Å². The predicted molar refractivity (Wildman–Crippen MR) is 140 cm³/mol. The molecule has 1 aromatic heterocycles. The Morgan fingerprint density at radius 2 is 1.97 bits per heavy atom. The molecule has 1 spiro atoms. The molecule has 2 amide bonds. The van der Waals surface area contributed by atoms with Crippen LogP contribution in [0.25, 0.3) is 0 Å². The van der Waals surface area contributed by atoms with Crippen molar-refractivity contribution in [3.8, 4) is 0 Å². The Balaban J connectivity index is 1.50. The molecule has 1 saturated heterocycles. The van der Waals surface area contributed by atoms with E-state index in [1.807, 2.05) is 6.07 Å². The quantitative estimate of drug-likeness (QED) is 0.413.